The third-order valence-corrected chi connectivity index (χ3v) is 1.25. The van der Waals surface area contributed by atoms with E-state index in [1.165, 1.54) is 6.08 Å². The molecule has 1 rings (SSSR count). The van der Waals surface area contributed by atoms with E-state index in [-0.39, 0.29) is 0 Å². The summed E-state index contributed by atoms with van der Waals surface area (Å²) >= 11 is 0. The molecule has 0 radical (unpaired) electrons. The monoisotopic (exact) mass is 127 g/mol. The topological polar surface area (TPSA) is 44.7 Å². The Labute approximate surface area is 53.5 Å². The summed E-state index contributed by atoms with van der Waals surface area (Å²) in [6.07, 6.45) is 2.55. The summed E-state index contributed by atoms with van der Waals surface area (Å²) in [6.45, 7) is 2.56. The fourth-order valence-corrected chi connectivity index (χ4v) is 0.817. The van der Waals surface area contributed by atoms with Crippen LogP contribution in [0.2, 0.25) is 0 Å². The molecule has 0 atom stereocenters. The molecule has 1 fully saturated rings. The van der Waals surface area contributed by atoms with Gasteiger partial charge in [-0.3, -0.25) is 10.3 Å². The van der Waals surface area contributed by atoms with Gasteiger partial charge in [0.1, 0.15) is 0 Å². The Kier molecular flexibility index (Phi) is 2.24. The minimum atomic E-state index is 0.676. The largest absolute Gasteiger partial charge is 0.299 e. The van der Waals surface area contributed by atoms with E-state index in [0.29, 0.717) is 6.67 Å². The van der Waals surface area contributed by atoms with Gasteiger partial charge >= 0.3 is 0 Å². The molecule has 50 valence electrons. The molecule has 0 aliphatic carbocycles. The van der Waals surface area contributed by atoms with Gasteiger partial charge in [-0.25, -0.2) is 4.79 Å². The van der Waals surface area contributed by atoms with Crippen LogP contribution in [-0.4, -0.2) is 30.8 Å². The van der Waals surface area contributed by atoms with Crippen LogP contribution in [0.1, 0.15) is 6.42 Å². The molecule has 4 nitrogen and oxygen atoms in total. The molecule has 1 saturated heterocycles. The van der Waals surface area contributed by atoms with Crippen LogP contribution < -0.4 is 5.32 Å². The lowest BCUT2D eigenvalue weighted by molar-refractivity contribution is 0.224. The van der Waals surface area contributed by atoms with Gasteiger partial charge in [0.15, 0.2) is 0 Å². The predicted molar refractivity (Wildman–Crippen MR) is 32.3 cm³/mol. The van der Waals surface area contributed by atoms with Crippen LogP contribution in [0.5, 0.6) is 0 Å². The lowest BCUT2D eigenvalue weighted by Crippen LogP contribution is -2.38. The van der Waals surface area contributed by atoms with Gasteiger partial charge in [0.2, 0.25) is 0 Å². The van der Waals surface area contributed by atoms with E-state index in [9.17, 15) is 4.79 Å². The highest BCUT2D eigenvalue weighted by Crippen LogP contribution is 1.93. The Hall–Kier alpha value is -0.860. The highest BCUT2D eigenvalue weighted by molar-refractivity contribution is 5.32. The van der Waals surface area contributed by atoms with Crippen molar-refractivity contribution >= 4 is 6.08 Å². The first-order valence-electron chi connectivity index (χ1n) is 2.97. The van der Waals surface area contributed by atoms with Gasteiger partial charge in [-0.2, -0.15) is 0 Å². The van der Waals surface area contributed by atoms with E-state index < -0.39 is 0 Å². The Morgan fingerprint density at radius 3 is 3.11 bits per heavy atom. The van der Waals surface area contributed by atoms with Crippen LogP contribution >= 0.6 is 0 Å². The average molecular weight is 127 g/mol. The third kappa shape index (κ3) is 1.83. The standard InChI is InChI=1S/C5H9N3O/c9-5-7-8-3-1-2-6-4-8/h6H,1-4H2. The second-order valence-electron chi connectivity index (χ2n) is 1.93. The first-order valence-corrected chi connectivity index (χ1v) is 2.97. The number of rotatable bonds is 1. The zero-order valence-electron chi connectivity index (χ0n) is 5.13. The van der Waals surface area contributed by atoms with Gasteiger partial charge in [0.25, 0.3) is 6.08 Å². The van der Waals surface area contributed by atoms with Crippen molar-refractivity contribution < 1.29 is 4.79 Å². The molecule has 1 N–H and O–H groups in total. The van der Waals surface area contributed by atoms with Gasteiger partial charge in [-0.15, -0.1) is 0 Å². The van der Waals surface area contributed by atoms with E-state index in [2.05, 4.69) is 10.4 Å². The van der Waals surface area contributed by atoms with Crippen LogP contribution in [0.4, 0.5) is 0 Å². The van der Waals surface area contributed by atoms with Crippen LogP contribution in [0, 0.1) is 0 Å². The van der Waals surface area contributed by atoms with Crippen molar-refractivity contribution in [3.05, 3.63) is 0 Å². The molecule has 1 aliphatic rings. The quantitative estimate of drug-likeness (QED) is 0.381. The average Bonchev–Trinajstić information content (AvgIpc) is 1.91. The van der Waals surface area contributed by atoms with E-state index in [1.807, 2.05) is 0 Å². The molecule has 0 spiro atoms. The van der Waals surface area contributed by atoms with Crippen molar-refractivity contribution in [1.29, 1.82) is 0 Å². The van der Waals surface area contributed by atoms with Gasteiger partial charge in [0.05, 0.1) is 6.67 Å². The molecule has 0 aromatic carbocycles. The normalized spacial score (nSPS) is 18.9. The summed E-state index contributed by atoms with van der Waals surface area (Å²) in [4.78, 5) is 9.71. The Morgan fingerprint density at radius 1 is 1.67 bits per heavy atom. The summed E-state index contributed by atoms with van der Waals surface area (Å²) in [5.41, 5.74) is 0. The van der Waals surface area contributed by atoms with Crippen molar-refractivity contribution in [1.82, 2.24) is 10.3 Å². The smallest absolute Gasteiger partial charge is 0.258 e. The molecule has 0 aromatic heterocycles. The van der Waals surface area contributed by atoms with Gasteiger partial charge in [-0.1, -0.05) is 5.10 Å². The maximum absolute atomic E-state index is 9.71. The molecular formula is C5H9N3O. The van der Waals surface area contributed by atoms with E-state index in [1.54, 1.807) is 5.01 Å². The van der Waals surface area contributed by atoms with Crippen LogP contribution in [0.3, 0.4) is 0 Å². The number of hydrazone groups is 1. The van der Waals surface area contributed by atoms with Crippen molar-refractivity contribution in [3.8, 4) is 0 Å². The van der Waals surface area contributed by atoms with Gasteiger partial charge in [-0.05, 0) is 13.0 Å². The number of isocyanates is 1. The number of hydrogen-bond donors (Lipinski definition) is 1. The molecule has 0 unspecified atom stereocenters. The second-order valence-corrected chi connectivity index (χ2v) is 1.93. The Bertz CT molecular complexity index is 124. The summed E-state index contributed by atoms with van der Waals surface area (Å²) in [7, 11) is 0. The number of carbonyl (C=O) groups excluding carboxylic acids is 1. The van der Waals surface area contributed by atoms with Gasteiger partial charge < -0.3 is 0 Å². The zero-order chi connectivity index (χ0) is 6.53. The number of nitrogens with one attached hydrogen (secondary N) is 1. The maximum Gasteiger partial charge on any atom is 0.258 e. The van der Waals surface area contributed by atoms with E-state index in [4.69, 9.17) is 0 Å². The molecule has 0 aromatic rings. The lowest BCUT2D eigenvalue weighted by Gasteiger charge is -2.22. The van der Waals surface area contributed by atoms with E-state index in [0.717, 1.165) is 19.5 Å². The minimum Gasteiger partial charge on any atom is -0.299 e. The summed E-state index contributed by atoms with van der Waals surface area (Å²) in [6, 6.07) is 0. The second kappa shape index (κ2) is 3.22. The van der Waals surface area contributed by atoms with Crippen molar-refractivity contribution in [2.24, 2.45) is 5.10 Å². The summed E-state index contributed by atoms with van der Waals surface area (Å²) in [5.74, 6) is 0. The SMILES string of the molecule is O=C=NN1CCCNC1. The molecule has 0 bridgehead atoms. The van der Waals surface area contributed by atoms with E-state index >= 15 is 0 Å². The summed E-state index contributed by atoms with van der Waals surface area (Å²) < 4.78 is 0. The maximum atomic E-state index is 9.71. The lowest BCUT2D eigenvalue weighted by atomic mass is 10.4. The zero-order valence-corrected chi connectivity index (χ0v) is 5.13. The first kappa shape index (κ1) is 6.26. The molecule has 0 saturated carbocycles. The molecule has 0 amide bonds. The van der Waals surface area contributed by atoms with Crippen molar-refractivity contribution in [2.75, 3.05) is 19.8 Å². The fraction of sp³-hybridized carbons (Fsp3) is 0.800. The Morgan fingerprint density at radius 2 is 2.56 bits per heavy atom. The predicted octanol–water partition coefficient (Wildman–Crippen LogP) is -0.510. The minimum absolute atomic E-state index is 0.676. The molecule has 1 heterocycles. The highest BCUT2D eigenvalue weighted by Gasteiger charge is 2.04. The number of nitrogens with zero attached hydrogens (tertiary/aromatic N) is 2. The molecule has 9 heavy (non-hydrogen) atoms. The Balaban J connectivity index is 2.31. The van der Waals surface area contributed by atoms with Gasteiger partial charge in [0, 0.05) is 6.54 Å². The number of hydrogen-bond acceptors (Lipinski definition) is 4. The highest BCUT2D eigenvalue weighted by atomic mass is 16.1. The summed E-state index contributed by atoms with van der Waals surface area (Å²) in [5, 5.41) is 8.18. The molecular weight excluding hydrogens is 118 g/mol. The van der Waals surface area contributed by atoms with Crippen LogP contribution in [-0.2, 0) is 4.79 Å². The molecule has 1 aliphatic heterocycles. The van der Waals surface area contributed by atoms with Crippen molar-refractivity contribution in [2.45, 2.75) is 6.42 Å². The van der Waals surface area contributed by atoms with Crippen LogP contribution in [0.15, 0.2) is 5.10 Å². The third-order valence-electron chi connectivity index (χ3n) is 1.25. The van der Waals surface area contributed by atoms with Crippen LogP contribution in [0.25, 0.3) is 0 Å². The van der Waals surface area contributed by atoms with Crippen molar-refractivity contribution in [3.63, 3.8) is 0 Å². The fourth-order valence-electron chi connectivity index (χ4n) is 0.817. The molecule has 4 heteroatoms. The first-order chi connectivity index (χ1) is 4.43.